The number of aliphatic hydroxyl groups excluding tert-OH is 1. The third-order valence-electron chi connectivity index (χ3n) is 2.60. The Bertz CT molecular complexity index is 359. The van der Waals surface area contributed by atoms with Crippen molar-refractivity contribution >= 4 is 32.4 Å². The van der Waals surface area contributed by atoms with Gasteiger partial charge in [-0.3, -0.25) is 0 Å². The third-order valence-corrected chi connectivity index (χ3v) is 4.00. The van der Waals surface area contributed by atoms with Crippen LogP contribution in [0.15, 0.2) is 3.92 Å². The van der Waals surface area contributed by atoms with Crippen LogP contribution < -0.4 is 4.90 Å². The summed E-state index contributed by atoms with van der Waals surface area (Å²) in [6.45, 7) is 1.58. The summed E-state index contributed by atoms with van der Waals surface area (Å²) < 4.78 is 0.785. The zero-order valence-corrected chi connectivity index (χ0v) is 11.7. The maximum atomic E-state index is 9.74. The lowest BCUT2D eigenvalue weighted by Crippen LogP contribution is -2.37. The Balaban J connectivity index is 2.12. The van der Waals surface area contributed by atoms with Gasteiger partial charge in [-0.25, -0.2) is 0 Å². The molecule has 1 aromatic heterocycles. The molecule has 0 radical (unpaired) electrons. The average Bonchev–Trinajstić information content (AvgIpc) is 2.72. The second kappa shape index (κ2) is 4.95. The summed E-state index contributed by atoms with van der Waals surface area (Å²) in [5, 5.41) is 18.7. The van der Waals surface area contributed by atoms with Gasteiger partial charge in [0.25, 0.3) is 0 Å². The average molecular weight is 307 g/mol. The Kier molecular flexibility index (Phi) is 3.78. The van der Waals surface area contributed by atoms with Crippen LogP contribution in [-0.2, 0) is 0 Å². The maximum Gasteiger partial charge on any atom is 0.209 e. The number of hydrogen-bond donors (Lipinski definition) is 1. The van der Waals surface area contributed by atoms with E-state index in [1.165, 1.54) is 11.3 Å². The fraction of sp³-hybridized carbons (Fsp3) is 0.778. The molecule has 0 aliphatic carbocycles. The number of β-amino-alcohol motifs (C(OH)–C–C–N with tert-alkyl or cyclic N) is 1. The molecule has 1 aromatic rings. The van der Waals surface area contributed by atoms with E-state index in [1.807, 2.05) is 14.1 Å². The van der Waals surface area contributed by atoms with E-state index >= 15 is 0 Å². The number of aliphatic hydroxyl groups is 1. The summed E-state index contributed by atoms with van der Waals surface area (Å²) >= 11 is 4.82. The molecule has 1 aliphatic rings. The van der Waals surface area contributed by atoms with Crippen molar-refractivity contribution in [2.75, 3.05) is 32.1 Å². The maximum absolute atomic E-state index is 9.74. The first kappa shape index (κ1) is 12.2. The van der Waals surface area contributed by atoms with Gasteiger partial charge in [-0.15, -0.1) is 10.2 Å². The zero-order chi connectivity index (χ0) is 11.7. The fourth-order valence-electron chi connectivity index (χ4n) is 2.04. The fourth-order valence-corrected chi connectivity index (χ4v) is 3.20. The van der Waals surface area contributed by atoms with Gasteiger partial charge >= 0.3 is 0 Å². The lowest BCUT2D eigenvalue weighted by Gasteiger charge is -2.25. The van der Waals surface area contributed by atoms with Crippen LogP contribution in [-0.4, -0.2) is 59.5 Å². The van der Waals surface area contributed by atoms with Gasteiger partial charge in [-0.05, 0) is 36.4 Å². The summed E-state index contributed by atoms with van der Waals surface area (Å²) in [7, 11) is 4.08. The molecule has 2 atom stereocenters. The minimum Gasteiger partial charge on any atom is -0.391 e. The highest BCUT2D eigenvalue weighted by Gasteiger charge is 2.33. The summed E-state index contributed by atoms with van der Waals surface area (Å²) in [6.07, 6.45) is 0.544. The second-order valence-corrected chi connectivity index (χ2v) is 6.53. The van der Waals surface area contributed by atoms with Crippen molar-refractivity contribution in [1.29, 1.82) is 0 Å². The molecular formula is C9H15BrN4OS. The van der Waals surface area contributed by atoms with Crippen molar-refractivity contribution in [2.24, 2.45) is 0 Å². The zero-order valence-electron chi connectivity index (χ0n) is 9.30. The molecule has 5 nitrogen and oxygen atoms in total. The first-order valence-corrected chi connectivity index (χ1v) is 6.75. The molecule has 90 valence electrons. The topological polar surface area (TPSA) is 52.5 Å². The highest BCUT2D eigenvalue weighted by Crippen LogP contribution is 2.30. The first-order chi connectivity index (χ1) is 7.56. The van der Waals surface area contributed by atoms with E-state index in [2.05, 4.69) is 35.9 Å². The molecule has 16 heavy (non-hydrogen) atoms. The van der Waals surface area contributed by atoms with Crippen molar-refractivity contribution in [1.82, 2.24) is 15.1 Å². The number of hydrogen-bond acceptors (Lipinski definition) is 6. The quantitative estimate of drug-likeness (QED) is 0.895. The predicted molar refractivity (Wildman–Crippen MR) is 67.9 cm³/mol. The number of likely N-dealkylation sites (N-methyl/N-ethyl adjacent to an activating group) is 1. The smallest absolute Gasteiger partial charge is 0.209 e. The summed E-state index contributed by atoms with van der Waals surface area (Å²) in [6, 6.07) is 0.324. The van der Waals surface area contributed by atoms with Crippen LogP contribution in [0, 0.1) is 0 Å². The van der Waals surface area contributed by atoms with Gasteiger partial charge in [0.15, 0.2) is 3.92 Å². The van der Waals surface area contributed by atoms with Crippen molar-refractivity contribution < 1.29 is 5.11 Å². The molecular weight excluding hydrogens is 292 g/mol. The second-order valence-electron chi connectivity index (χ2n) is 4.30. The van der Waals surface area contributed by atoms with Crippen LogP contribution in [0.4, 0.5) is 5.13 Å². The Labute approximate surface area is 107 Å². The molecule has 2 heterocycles. The van der Waals surface area contributed by atoms with Crippen LogP contribution in [0.25, 0.3) is 0 Å². The summed E-state index contributed by atoms with van der Waals surface area (Å²) in [5.41, 5.74) is 0. The Hall–Kier alpha value is -0.240. The van der Waals surface area contributed by atoms with Crippen LogP contribution in [0.2, 0.25) is 0 Å². The molecule has 0 amide bonds. The predicted octanol–water partition coefficient (Wildman–Crippen LogP) is 0.802. The molecule has 7 heteroatoms. The molecule has 0 aromatic carbocycles. The highest BCUT2D eigenvalue weighted by atomic mass is 79.9. The van der Waals surface area contributed by atoms with E-state index in [0.29, 0.717) is 12.6 Å². The molecule has 2 rings (SSSR count). The van der Waals surface area contributed by atoms with E-state index in [0.717, 1.165) is 22.0 Å². The SMILES string of the molecule is CN(C)CC1CC(O)CN1c1nnc(Br)s1. The van der Waals surface area contributed by atoms with Gasteiger partial charge in [-0.1, -0.05) is 11.3 Å². The van der Waals surface area contributed by atoms with E-state index < -0.39 is 0 Å². The minimum absolute atomic E-state index is 0.257. The van der Waals surface area contributed by atoms with Crippen LogP contribution in [0.1, 0.15) is 6.42 Å². The lowest BCUT2D eigenvalue weighted by atomic mass is 10.2. The normalized spacial score (nSPS) is 25.7. The van der Waals surface area contributed by atoms with Crippen LogP contribution in [0.3, 0.4) is 0 Å². The van der Waals surface area contributed by atoms with Crippen LogP contribution in [0.5, 0.6) is 0 Å². The Morgan fingerprint density at radius 1 is 1.56 bits per heavy atom. The number of rotatable bonds is 3. The van der Waals surface area contributed by atoms with Crippen molar-refractivity contribution in [2.45, 2.75) is 18.6 Å². The molecule has 1 N–H and O–H groups in total. The van der Waals surface area contributed by atoms with Gasteiger partial charge in [-0.2, -0.15) is 0 Å². The van der Waals surface area contributed by atoms with Gasteiger partial charge in [0, 0.05) is 19.1 Å². The van der Waals surface area contributed by atoms with Crippen molar-refractivity contribution in [3.63, 3.8) is 0 Å². The number of nitrogens with zero attached hydrogens (tertiary/aromatic N) is 4. The largest absolute Gasteiger partial charge is 0.391 e. The molecule has 1 aliphatic heterocycles. The standard InChI is InChI=1S/C9H15BrN4OS/c1-13(2)4-6-3-7(15)5-14(6)9-12-11-8(10)16-9/h6-7,15H,3-5H2,1-2H3. The van der Waals surface area contributed by atoms with Gasteiger partial charge < -0.3 is 14.9 Å². The molecule has 0 bridgehead atoms. The summed E-state index contributed by atoms with van der Waals surface area (Å²) in [5.74, 6) is 0. The van der Waals surface area contributed by atoms with E-state index in [1.54, 1.807) is 0 Å². The van der Waals surface area contributed by atoms with Gasteiger partial charge in [0.05, 0.1) is 6.10 Å². The van der Waals surface area contributed by atoms with E-state index in [-0.39, 0.29) is 6.10 Å². The van der Waals surface area contributed by atoms with Crippen molar-refractivity contribution in [3.8, 4) is 0 Å². The number of halogens is 1. The monoisotopic (exact) mass is 306 g/mol. The Morgan fingerprint density at radius 2 is 2.31 bits per heavy atom. The minimum atomic E-state index is -0.257. The molecule has 0 saturated carbocycles. The number of anilines is 1. The third kappa shape index (κ3) is 2.71. The molecule has 0 spiro atoms. The van der Waals surface area contributed by atoms with Crippen molar-refractivity contribution in [3.05, 3.63) is 3.92 Å². The van der Waals surface area contributed by atoms with Gasteiger partial charge in [0.1, 0.15) is 0 Å². The number of aromatic nitrogens is 2. The first-order valence-electron chi connectivity index (χ1n) is 5.14. The van der Waals surface area contributed by atoms with E-state index in [4.69, 9.17) is 0 Å². The molecule has 1 saturated heterocycles. The van der Waals surface area contributed by atoms with E-state index in [9.17, 15) is 5.11 Å². The van der Waals surface area contributed by atoms with Crippen LogP contribution >= 0.6 is 27.3 Å². The lowest BCUT2D eigenvalue weighted by molar-refractivity contribution is 0.191. The van der Waals surface area contributed by atoms with Gasteiger partial charge in [0.2, 0.25) is 5.13 Å². The molecule has 1 fully saturated rings. The molecule has 2 unspecified atom stereocenters. The Morgan fingerprint density at radius 3 is 2.88 bits per heavy atom. The summed E-state index contributed by atoms with van der Waals surface area (Å²) in [4.78, 5) is 4.28. The highest BCUT2D eigenvalue weighted by molar-refractivity contribution is 9.11.